The van der Waals surface area contributed by atoms with Crippen molar-refractivity contribution in [2.24, 2.45) is 0 Å². The van der Waals surface area contributed by atoms with Crippen LogP contribution >= 0.6 is 22.6 Å². The second-order valence-electron chi connectivity index (χ2n) is 4.83. The van der Waals surface area contributed by atoms with Crippen molar-refractivity contribution in [3.05, 3.63) is 48.8 Å². The number of carboxylic acid groups (broad SMARTS) is 2. The van der Waals surface area contributed by atoms with Crippen molar-refractivity contribution < 1.29 is 33.0 Å². The van der Waals surface area contributed by atoms with Gasteiger partial charge in [-0.1, -0.05) is 0 Å². The van der Waals surface area contributed by atoms with Crippen molar-refractivity contribution in [1.82, 2.24) is 4.98 Å². The molecule has 0 saturated carbocycles. The summed E-state index contributed by atoms with van der Waals surface area (Å²) >= 11 is 1.56. The summed E-state index contributed by atoms with van der Waals surface area (Å²) in [4.78, 5) is 36.6. The molecule has 0 unspecified atom stereocenters. The van der Waals surface area contributed by atoms with E-state index in [4.69, 9.17) is 5.73 Å². The number of nitrogens with two attached hydrogens (primary N) is 1. The molecule has 11 heteroatoms. The van der Waals surface area contributed by atoms with Crippen molar-refractivity contribution in [2.45, 2.75) is 6.18 Å². The maximum atomic E-state index is 13.0. The van der Waals surface area contributed by atoms with Crippen LogP contribution in [-0.4, -0.2) is 27.1 Å². The topological polar surface area (TPSA) is 133 Å². The largest absolute Gasteiger partial charge is 0.478 e. The SMILES string of the molecule is Nc1[nH]c(=O)c(C(=O)O)c(-c2cc(I)cc(C(F)(F)F)c2)c1C(=O)O. The molecule has 0 amide bonds. The first-order valence-corrected chi connectivity index (χ1v) is 7.41. The molecule has 0 aliphatic carbocycles. The molecule has 0 radical (unpaired) electrons. The van der Waals surface area contributed by atoms with Crippen LogP contribution in [0.4, 0.5) is 19.0 Å². The van der Waals surface area contributed by atoms with Gasteiger partial charge in [-0.3, -0.25) is 4.79 Å². The number of aromatic amines is 1. The Hall–Kier alpha value is -2.57. The molecule has 1 aromatic carbocycles. The van der Waals surface area contributed by atoms with Gasteiger partial charge in [-0.25, -0.2) is 9.59 Å². The molecule has 1 heterocycles. The van der Waals surface area contributed by atoms with Crippen LogP contribution in [0.3, 0.4) is 0 Å². The van der Waals surface area contributed by atoms with E-state index < -0.39 is 57.3 Å². The highest BCUT2D eigenvalue weighted by Gasteiger charge is 2.33. The number of benzene rings is 1. The number of nitrogen functional groups attached to an aromatic ring is 1. The highest BCUT2D eigenvalue weighted by Crippen LogP contribution is 2.36. The molecule has 0 fully saturated rings. The minimum atomic E-state index is -4.75. The van der Waals surface area contributed by atoms with Gasteiger partial charge in [0.05, 0.1) is 5.56 Å². The minimum absolute atomic E-state index is 0.0638. The van der Waals surface area contributed by atoms with Gasteiger partial charge in [0.25, 0.3) is 5.56 Å². The van der Waals surface area contributed by atoms with E-state index in [9.17, 15) is 37.8 Å². The summed E-state index contributed by atoms with van der Waals surface area (Å²) in [5.41, 5.74) is 0.192. The predicted octanol–water partition coefficient (Wildman–Crippen LogP) is 2.64. The standard InChI is InChI=1S/C14H8F3IN2O5/c15-14(16,17)5-1-4(2-6(18)3-5)7-8(12(22)23)10(19)20-11(21)9(7)13(24)25/h1-3H,(H,22,23)(H,24,25)(H3,19,20,21). The third-order valence-electron chi connectivity index (χ3n) is 3.19. The number of H-pyrrole nitrogens is 1. The Morgan fingerprint density at radius 3 is 2.12 bits per heavy atom. The summed E-state index contributed by atoms with van der Waals surface area (Å²) in [6.45, 7) is 0. The molecule has 0 bridgehead atoms. The molecule has 2 rings (SSSR count). The zero-order valence-corrected chi connectivity index (χ0v) is 14.1. The van der Waals surface area contributed by atoms with Crippen LogP contribution in [0.1, 0.15) is 26.3 Å². The molecule has 2 aromatic rings. The summed E-state index contributed by atoms with van der Waals surface area (Å²) < 4.78 is 39.1. The van der Waals surface area contributed by atoms with Crippen LogP contribution in [0.25, 0.3) is 11.1 Å². The number of hydrogen-bond donors (Lipinski definition) is 4. The average Bonchev–Trinajstić information content (AvgIpc) is 2.43. The van der Waals surface area contributed by atoms with E-state index >= 15 is 0 Å². The summed E-state index contributed by atoms with van der Waals surface area (Å²) in [6.07, 6.45) is -4.75. The van der Waals surface area contributed by atoms with Crippen molar-refractivity contribution in [1.29, 1.82) is 0 Å². The van der Waals surface area contributed by atoms with Crippen molar-refractivity contribution in [3.63, 3.8) is 0 Å². The van der Waals surface area contributed by atoms with Gasteiger partial charge in [-0.05, 0) is 46.4 Å². The number of halogens is 4. The fourth-order valence-corrected chi connectivity index (χ4v) is 2.90. The number of nitrogens with one attached hydrogen (secondary N) is 1. The number of rotatable bonds is 3. The Morgan fingerprint density at radius 2 is 1.64 bits per heavy atom. The molecule has 1 aromatic heterocycles. The van der Waals surface area contributed by atoms with Crippen LogP contribution in [0, 0.1) is 3.57 Å². The molecule has 0 spiro atoms. The molecule has 0 aliphatic rings. The maximum absolute atomic E-state index is 13.0. The highest BCUT2D eigenvalue weighted by atomic mass is 127. The van der Waals surface area contributed by atoms with Gasteiger partial charge in [0.2, 0.25) is 0 Å². The number of carboxylic acids is 2. The zero-order chi connectivity index (χ0) is 19.1. The Labute approximate surface area is 150 Å². The summed E-state index contributed by atoms with van der Waals surface area (Å²) in [7, 11) is 0. The first-order chi connectivity index (χ1) is 11.4. The second-order valence-corrected chi connectivity index (χ2v) is 6.08. The Kier molecular flexibility index (Phi) is 4.79. The van der Waals surface area contributed by atoms with Crippen LogP contribution in [0.2, 0.25) is 0 Å². The Bertz CT molecular complexity index is 953. The molecule has 5 N–H and O–H groups in total. The molecule has 132 valence electrons. The Morgan fingerprint density at radius 1 is 1.08 bits per heavy atom. The molecule has 0 atom stereocenters. The first-order valence-electron chi connectivity index (χ1n) is 6.34. The van der Waals surface area contributed by atoms with Gasteiger partial charge in [0.15, 0.2) is 0 Å². The van der Waals surface area contributed by atoms with Gasteiger partial charge in [0.1, 0.15) is 16.9 Å². The first kappa shape index (κ1) is 18.8. The fraction of sp³-hybridized carbons (Fsp3) is 0.0714. The van der Waals surface area contributed by atoms with E-state index in [1.165, 1.54) is 0 Å². The number of pyridine rings is 1. The number of carbonyl (C=O) groups is 2. The quantitative estimate of drug-likeness (QED) is 0.512. The van der Waals surface area contributed by atoms with Crippen LogP contribution < -0.4 is 11.3 Å². The summed E-state index contributed by atoms with van der Waals surface area (Å²) in [6, 6.07) is 2.49. The van der Waals surface area contributed by atoms with E-state index in [-0.39, 0.29) is 3.57 Å². The molecule has 0 aliphatic heterocycles. The lowest BCUT2D eigenvalue weighted by Crippen LogP contribution is -2.24. The lowest BCUT2D eigenvalue weighted by atomic mass is 9.94. The number of alkyl halides is 3. The summed E-state index contributed by atoms with van der Waals surface area (Å²) in [5, 5.41) is 18.5. The van der Waals surface area contributed by atoms with Crippen molar-refractivity contribution >= 4 is 40.3 Å². The van der Waals surface area contributed by atoms with Crippen LogP contribution in [0.15, 0.2) is 23.0 Å². The van der Waals surface area contributed by atoms with Crippen LogP contribution in [0.5, 0.6) is 0 Å². The zero-order valence-electron chi connectivity index (χ0n) is 11.9. The highest BCUT2D eigenvalue weighted by molar-refractivity contribution is 14.1. The third kappa shape index (κ3) is 3.60. The Balaban J connectivity index is 3.01. The lowest BCUT2D eigenvalue weighted by molar-refractivity contribution is -0.137. The molecule has 25 heavy (non-hydrogen) atoms. The lowest BCUT2D eigenvalue weighted by Gasteiger charge is -2.14. The number of aromatic carboxylic acids is 2. The number of anilines is 1. The van der Waals surface area contributed by atoms with E-state index in [0.717, 1.165) is 12.1 Å². The molecular weight excluding hydrogens is 460 g/mol. The molecule has 7 nitrogen and oxygen atoms in total. The van der Waals surface area contributed by atoms with Crippen molar-refractivity contribution in [2.75, 3.05) is 5.73 Å². The van der Waals surface area contributed by atoms with Gasteiger partial charge in [-0.15, -0.1) is 0 Å². The van der Waals surface area contributed by atoms with Gasteiger partial charge >= 0.3 is 18.1 Å². The van der Waals surface area contributed by atoms with Crippen molar-refractivity contribution in [3.8, 4) is 11.1 Å². The number of hydrogen-bond acceptors (Lipinski definition) is 4. The van der Waals surface area contributed by atoms with Gasteiger partial charge in [-0.2, -0.15) is 13.2 Å². The molecule has 0 saturated heterocycles. The maximum Gasteiger partial charge on any atom is 0.416 e. The van der Waals surface area contributed by atoms with Gasteiger partial charge in [0, 0.05) is 9.13 Å². The fourth-order valence-electron chi connectivity index (χ4n) is 2.23. The van der Waals surface area contributed by atoms with E-state index in [1.807, 2.05) is 4.98 Å². The van der Waals surface area contributed by atoms with Gasteiger partial charge < -0.3 is 20.9 Å². The predicted molar refractivity (Wildman–Crippen MR) is 88.5 cm³/mol. The summed E-state index contributed by atoms with van der Waals surface area (Å²) in [5.74, 6) is -4.16. The monoisotopic (exact) mass is 468 g/mol. The van der Waals surface area contributed by atoms with E-state index in [2.05, 4.69) is 0 Å². The second kappa shape index (κ2) is 6.38. The third-order valence-corrected chi connectivity index (χ3v) is 3.81. The number of aromatic nitrogens is 1. The van der Waals surface area contributed by atoms with E-state index in [1.54, 1.807) is 22.6 Å². The molecular formula is C14H8F3IN2O5. The normalized spacial score (nSPS) is 11.4. The van der Waals surface area contributed by atoms with E-state index in [0.29, 0.717) is 6.07 Å². The minimum Gasteiger partial charge on any atom is -0.478 e. The average molecular weight is 468 g/mol. The van der Waals surface area contributed by atoms with Crippen LogP contribution in [-0.2, 0) is 6.18 Å². The smallest absolute Gasteiger partial charge is 0.416 e.